The monoisotopic (exact) mass is 376 g/mol. The van der Waals surface area contributed by atoms with Crippen molar-refractivity contribution in [3.05, 3.63) is 65.7 Å². The van der Waals surface area contributed by atoms with Crippen LogP contribution in [0.15, 0.2) is 54.6 Å². The molecule has 3 heteroatoms. The van der Waals surface area contributed by atoms with Gasteiger partial charge in [-0.25, -0.2) is 0 Å². The molecule has 2 aliphatic rings. The van der Waals surface area contributed by atoms with Crippen molar-refractivity contribution < 1.29 is 4.79 Å². The lowest BCUT2D eigenvalue weighted by atomic mass is 9.76. The molecule has 4 rings (SSSR count). The first-order valence-electron chi connectivity index (χ1n) is 10.7. The highest BCUT2D eigenvalue weighted by molar-refractivity contribution is 6.07. The fraction of sp³-hybridized carbons (Fsp3) is 0.480. The maximum Gasteiger partial charge on any atom is 0.237 e. The molecule has 28 heavy (non-hydrogen) atoms. The molecule has 1 atom stereocenters. The number of piperidine rings is 1. The van der Waals surface area contributed by atoms with Crippen LogP contribution in [0.2, 0.25) is 0 Å². The zero-order valence-corrected chi connectivity index (χ0v) is 17.2. The summed E-state index contributed by atoms with van der Waals surface area (Å²) in [6.07, 6.45) is 5.77. The summed E-state index contributed by atoms with van der Waals surface area (Å²) >= 11 is 0. The van der Waals surface area contributed by atoms with Crippen LogP contribution in [0.3, 0.4) is 0 Å². The largest absolute Gasteiger partial charge is 0.314 e. The number of likely N-dealkylation sites (tertiary alicyclic amines) is 1. The predicted octanol–water partition coefficient (Wildman–Crippen LogP) is 4.66. The van der Waals surface area contributed by atoms with E-state index in [0.29, 0.717) is 0 Å². The molecule has 0 unspecified atom stereocenters. The summed E-state index contributed by atoms with van der Waals surface area (Å²) in [6, 6.07) is 19.1. The van der Waals surface area contributed by atoms with Crippen molar-refractivity contribution in [2.75, 3.05) is 31.6 Å². The number of carbonyl (C=O) groups is 1. The van der Waals surface area contributed by atoms with Gasteiger partial charge in [-0.3, -0.25) is 4.79 Å². The van der Waals surface area contributed by atoms with E-state index in [-0.39, 0.29) is 11.3 Å². The Hall–Kier alpha value is -2.13. The maximum atomic E-state index is 12.9. The van der Waals surface area contributed by atoms with Crippen molar-refractivity contribution in [3.63, 3.8) is 0 Å². The van der Waals surface area contributed by atoms with Crippen LogP contribution in [0.25, 0.3) is 0 Å². The minimum Gasteiger partial charge on any atom is -0.314 e. The first-order chi connectivity index (χ1) is 13.6. The molecule has 2 aromatic rings. The average molecular weight is 377 g/mol. The Kier molecular flexibility index (Phi) is 5.54. The smallest absolute Gasteiger partial charge is 0.237 e. The Morgan fingerprint density at radius 1 is 1.00 bits per heavy atom. The third-order valence-electron chi connectivity index (χ3n) is 6.96. The fourth-order valence-corrected chi connectivity index (χ4v) is 4.99. The molecule has 2 aliphatic heterocycles. The number of para-hydroxylation sites is 1. The summed E-state index contributed by atoms with van der Waals surface area (Å²) in [5.41, 5.74) is 3.38. The second kappa shape index (κ2) is 8.08. The van der Waals surface area contributed by atoms with Gasteiger partial charge in [0.05, 0.1) is 5.41 Å². The number of anilines is 1. The van der Waals surface area contributed by atoms with E-state index in [2.05, 4.69) is 60.4 Å². The van der Waals surface area contributed by atoms with Crippen LogP contribution in [-0.2, 0) is 16.6 Å². The standard InChI is InChI=1S/C25H32N2O/c1-25(22-10-6-7-11-23(22)26(2)24(25)28)16-12-21-14-18-27(19-15-21)17-13-20-8-4-3-5-9-20/h3-11,21H,12-19H2,1-2H3/t25-/m1/s1. The molecule has 1 saturated heterocycles. The lowest BCUT2D eigenvalue weighted by Crippen LogP contribution is -2.38. The molecule has 0 radical (unpaired) electrons. The molecule has 0 N–H and O–H groups in total. The molecule has 2 heterocycles. The molecule has 1 amide bonds. The van der Waals surface area contributed by atoms with Crippen molar-refractivity contribution in [1.82, 2.24) is 4.90 Å². The van der Waals surface area contributed by atoms with Crippen molar-refractivity contribution in [2.24, 2.45) is 5.92 Å². The Bertz CT molecular complexity index is 810. The van der Waals surface area contributed by atoms with Crippen molar-refractivity contribution in [2.45, 2.75) is 44.4 Å². The zero-order chi connectivity index (χ0) is 19.6. The third kappa shape index (κ3) is 3.73. The lowest BCUT2D eigenvalue weighted by molar-refractivity contribution is -0.122. The Morgan fingerprint density at radius 3 is 2.43 bits per heavy atom. The van der Waals surface area contributed by atoms with Gasteiger partial charge in [0.15, 0.2) is 0 Å². The Balaban J connectivity index is 1.28. The van der Waals surface area contributed by atoms with Crippen LogP contribution in [0, 0.1) is 5.92 Å². The molecule has 0 aliphatic carbocycles. The van der Waals surface area contributed by atoms with E-state index in [1.807, 2.05) is 18.0 Å². The van der Waals surface area contributed by atoms with Crippen molar-refractivity contribution in [1.29, 1.82) is 0 Å². The van der Waals surface area contributed by atoms with E-state index in [9.17, 15) is 4.79 Å². The summed E-state index contributed by atoms with van der Waals surface area (Å²) in [6.45, 7) is 5.69. The number of likely N-dealkylation sites (N-methyl/N-ethyl adjacent to an activating group) is 1. The van der Waals surface area contributed by atoms with Gasteiger partial charge in [-0.15, -0.1) is 0 Å². The first-order valence-corrected chi connectivity index (χ1v) is 10.7. The van der Waals surface area contributed by atoms with Gasteiger partial charge in [0.25, 0.3) is 0 Å². The van der Waals surface area contributed by atoms with Gasteiger partial charge in [0.1, 0.15) is 0 Å². The average Bonchev–Trinajstić information content (AvgIpc) is 2.94. The Labute approximate surface area is 169 Å². The highest BCUT2D eigenvalue weighted by atomic mass is 16.2. The van der Waals surface area contributed by atoms with E-state index in [4.69, 9.17) is 0 Å². The quantitative estimate of drug-likeness (QED) is 0.732. The summed E-state index contributed by atoms with van der Waals surface area (Å²) in [4.78, 5) is 17.4. The maximum absolute atomic E-state index is 12.9. The van der Waals surface area contributed by atoms with E-state index in [1.165, 1.54) is 37.1 Å². The second-order valence-corrected chi connectivity index (χ2v) is 8.77. The Morgan fingerprint density at radius 2 is 1.68 bits per heavy atom. The number of hydrogen-bond donors (Lipinski definition) is 0. The zero-order valence-electron chi connectivity index (χ0n) is 17.2. The first kappa shape index (κ1) is 19.2. The predicted molar refractivity (Wildman–Crippen MR) is 116 cm³/mol. The van der Waals surface area contributed by atoms with Gasteiger partial charge in [-0.05, 0) is 75.2 Å². The van der Waals surface area contributed by atoms with Gasteiger partial charge in [-0.2, -0.15) is 0 Å². The molecular formula is C25H32N2O. The van der Waals surface area contributed by atoms with Crippen LogP contribution < -0.4 is 4.90 Å². The van der Waals surface area contributed by atoms with Crippen LogP contribution in [-0.4, -0.2) is 37.5 Å². The van der Waals surface area contributed by atoms with E-state index >= 15 is 0 Å². The lowest BCUT2D eigenvalue weighted by Gasteiger charge is -2.33. The number of rotatable bonds is 6. The third-order valence-corrected chi connectivity index (χ3v) is 6.96. The van der Waals surface area contributed by atoms with Gasteiger partial charge < -0.3 is 9.80 Å². The molecule has 0 aromatic heterocycles. The van der Waals surface area contributed by atoms with Gasteiger partial charge in [0, 0.05) is 19.3 Å². The highest BCUT2D eigenvalue weighted by Gasteiger charge is 2.45. The van der Waals surface area contributed by atoms with Gasteiger partial charge in [-0.1, -0.05) is 48.5 Å². The number of amides is 1. The van der Waals surface area contributed by atoms with E-state index < -0.39 is 0 Å². The van der Waals surface area contributed by atoms with Gasteiger partial charge in [0.2, 0.25) is 5.91 Å². The summed E-state index contributed by atoms with van der Waals surface area (Å²) in [5.74, 6) is 1.00. The minimum absolute atomic E-state index is 0.258. The minimum atomic E-state index is -0.351. The van der Waals surface area contributed by atoms with Crippen LogP contribution in [0.4, 0.5) is 5.69 Å². The number of hydrogen-bond acceptors (Lipinski definition) is 2. The number of benzene rings is 2. The van der Waals surface area contributed by atoms with E-state index in [1.54, 1.807) is 0 Å². The molecule has 2 aromatic carbocycles. The normalized spacial score (nSPS) is 23.2. The number of carbonyl (C=O) groups excluding carboxylic acids is 1. The molecule has 0 spiro atoms. The summed E-state index contributed by atoms with van der Waals surface area (Å²) < 4.78 is 0. The second-order valence-electron chi connectivity index (χ2n) is 8.77. The van der Waals surface area contributed by atoms with Crippen LogP contribution in [0.5, 0.6) is 0 Å². The fourth-order valence-electron chi connectivity index (χ4n) is 4.99. The molecule has 0 saturated carbocycles. The molecule has 1 fully saturated rings. The van der Waals surface area contributed by atoms with Crippen LogP contribution in [0.1, 0.15) is 43.7 Å². The van der Waals surface area contributed by atoms with E-state index in [0.717, 1.165) is 37.4 Å². The molecule has 0 bridgehead atoms. The van der Waals surface area contributed by atoms with Crippen molar-refractivity contribution in [3.8, 4) is 0 Å². The molecule has 3 nitrogen and oxygen atoms in total. The summed E-state index contributed by atoms with van der Waals surface area (Å²) in [5, 5.41) is 0. The SMILES string of the molecule is CN1C(=O)[C@](C)(CCC2CCN(CCc3ccccc3)CC2)c2ccccc21. The number of nitrogens with zero attached hydrogens (tertiary/aromatic N) is 2. The topological polar surface area (TPSA) is 23.6 Å². The van der Waals surface area contributed by atoms with Crippen LogP contribution >= 0.6 is 0 Å². The molecular weight excluding hydrogens is 344 g/mol. The molecule has 148 valence electrons. The summed E-state index contributed by atoms with van der Waals surface area (Å²) in [7, 11) is 1.91. The number of fused-ring (bicyclic) bond motifs is 1. The van der Waals surface area contributed by atoms with Gasteiger partial charge >= 0.3 is 0 Å². The van der Waals surface area contributed by atoms with Crippen molar-refractivity contribution >= 4 is 11.6 Å². The highest BCUT2D eigenvalue weighted by Crippen LogP contribution is 2.44.